The number of benzene rings is 1. The molecule has 8 heteroatoms. The van der Waals surface area contributed by atoms with Gasteiger partial charge in [0, 0.05) is 6.04 Å². The van der Waals surface area contributed by atoms with E-state index in [1.165, 1.54) is 0 Å². The molecule has 2 N–H and O–H groups in total. The summed E-state index contributed by atoms with van der Waals surface area (Å²) in [5.41, 5.74) is 0. The van der Waals surface area contributed by atoms with Crippen LogP contribution in [0.4, 0.5) is 4.39 Å². The second-order valence-electron chi connectivity index (χ2n) is 4.56. The number of rotatable bonds is 4. The second kappa shape index (κ2) is 5.47. The predicted molar refractivity (Wildman–Crippen MR) is 67.0 cm³/mol. The summed E-state index contributed by atoms with van der Waals surface area (Å²) in [7, 11) is -4.09. The van der Waals surface area contributed by atoms with Gasteiger partial charge in [0.25, 0.3) is 0 Å². The highest BCUT2D eigenvalue weighted by Gasteiger charge is 2.45. The normalized spacial score (nSPS) is 23.9. The van der Waals surface area contributed by atoms with Crippen LogP contribution in [0.5, 0.6) is 0 Å². The lowest BCUT2D eigenvalue weighted by atomic mass is 10.2. The van der Waals surface area contributed by atoms with Crippen LogP contribution in [-0.4, -0.2) is 47.6 Å². The number of carboxylic acids is 1. The summed E-state index contributed by atoms with van der Waals surface area (Å²) in [4.78, 5) is 11.0. The van der Waals surface area contributed by atoms with Gasteiger partial charge in [0.05, 0.1) is 11.5 Å². The monoisotopic (exact) mass is 303 g/mol. The van der Waals surface area contributed by atoms with Gasteiger partial charge >= 0.3 is 5.97 Å². The Hall–Kier alpha value is -1.51. The van der Waals surface area contributed by atoms with E-state index in [1.54, 1.807) is 0 Å². The molecule has 6 nitrogen and oxygen atoms in total. The van der Waals surface area contributed by atoms with E-state index in [-0.39, 0.29) is 17.7 Å². The summed E-state index contributed by atoms with van der Waals surface area (Å²) < 4.78 is 38.6. The molecule has 110 valence electrons. The SMILES string of the molecule is O=C(O)[C@@H]1CC[C@H](CO)N1S(=O)(=O)c1ccc(F)cc1. The van der Waals surface area contributed by atoms with Crippen molar-refractivity contribution in [1.82, 2.24) is 4.31 Å². The number of carbonyl (C=O) groups is 1. The molecule has 0 aliphatic carbocycles. The molecule has 0 amide bonds. The minimum Gasteiger partial charge on any atom is -0.480 e. The average Bonchev–Trinajstić information content (AvgIpc) is 2.84. The van der Waals surface area contributed by atoms with Crippen LogP contribution >= 0.6 is 0 Å². The Balaban J connectivity index is 2.44. The zero-order valence-corrected chi connectivity index (χ0v) is 11.3. The molecule has 2 atom stereocenters. The van der Waals surface area contributed by atoms with E-state index >= 15 is 0 Å². The lowest BCUT2D eigenvalue weighted by Crippen LogP contribution is -2.46. The van der Waals surface area contributed by atoms with Crippen LogP contribution in [0.2, 0.25) is 0 Å². The van der Waals surface area contributed by atoms with E-state index in [2.05, 4.69) is 0 Å². The number of halogens is 1. The van der Waals surface area contributed by atoms with Crippen molar-refractivity contribution in [2.45, 2.75) is 29.8 Å². The van der Waals surface area contributed by atoms with Gasteiger partial charge in [0.2, 0.25) is 10.0 Å². The Bertz CT molecular complexity index is 601. The van der Waals surface area contributed by atoms with Crippen LogP contribution in [0.15, 0.2) is 29.2 Å². The molecule has 0 spiro atoms. The Kier molecular flexibility index (Phi) is 4.07. The number of aliphatic hydroxyl groups is 1. The molecule has 1 aromatic carbocycles. The van der Waals surface area contributed by atoms with E-state index in [0.29, 0.717) is 0 Å². The molecule has 1 aliphatic rings. The molecular formula is C12H14FNO5S. The van der Waals surface area contributed by atoms with Crippen LogP contribution < -0.4 is 0 Å². The zero-order chi connectivity index (χ0) is 14.9. The Morgan fingerprint density at radius 1 is 1.30 bits per heavy atom. The highest BCUT2D eigenvalue weighted by Crippen LogP contribution is 2.31. The van der Waals surface area contributed by atoms with E-state index in [4.69, 9.17) is 5.11 Å². The largest absolute Gasteiger partial charge is 0.480 e. The second-order valence-corrected chi connectivity index (χ2v) is 6.40. The molecule has 0 saturated carbocycles. The van der Waals surface area contributed by atoms with Crippen molar-refractivity contribution in [1.29, 1.82) is 0 Å². The molecular weight excluding hydrogens is 289 g/mol. The topological polar surface area (TPSA) is 94.9 Å². The third kappa shape index (κ3) is 2.54. The van der Waals surface area contributed by atoms with E-state index in [0.717, 1.165) is 28.6 Å². The molecule has 0 radical (unpaired) electrons. The predicted octanol–water partition coefficient (Wildman–Crippen LogP) is 0.424. The summed E-state index contributed by atoms with van der Waals surface area (Å²) in [5.74, 6) is -1.84. The van der Waals surface area contributed by atoms with Crippen molar-refractivity contribution in [2.24, 2.45) is 0 Å². The first-order chi connectivity index (χ1) is 9.37. The fraction of sp³-hybridized carbons (Fsp3) is 0.417. The van der Waals surface area contributed by atoms with Crippen molar-refractivity contribution >= 4 is 16.0 Å². The van der Waals surface area contributed by atoms with Crippen LogP contribution in [0.25, 0.3) is 0 Å². The summed E-state index contributed by atoms with van der Waals surface area (Å²) in [6, 6.07) is 2.17. The van der Waals surface area contributed by atoms with Gasteiger partial charge in [0.1, 0.15) is 11.9 Å². The van der Waals surface area contributed by atoms with Gasteiger partial charge in [-0.2, -0.15) is 4.31 Å². The maximum Gasteiger partial charge on any atom is 0.322 e. The van der Waals surface area contributed by atoms with Crippen molar-refractivity contribution in [2.75, 3.05) is 6.61 Å². The fourth-order valence-electron chi connectivity index (χ4n) is 2.36. The third-order valence-corrected chi connectivity index (χ3v) is 5.30. The van der Waals surface area contributed by atoms with Crippen LogP contribution in [0, 0.1) is 5.82 Å². The maximum absolute atomic E-state index is 12.9. The van der Waals surface area contributed by atoms with Crippen LogP contribution in [0.3, 0.4) is 0 Å². The number of nitrogens with zero attached hydrogens (tertiary/aromatic N) is 1. The average molecular weight is 303 g/mol. The van der Waals surface area contributed by atoms with Gasteiger partial charge < -0.3 is 10.2 Å². The highest BCUT2D eigenvalue weighted by molar-refractivity contribution is 7.89. The van der Waals surface area contributed by atoms with Crippen molar-refractivity contribution < 1.29 is 27.8 Å². The standard InChI is InChI=1S/C12H14FNO5S/c13-8-1-4-10(5-2-8)20(18,19)14-9(7-15)3-6-11(14)12(16)17/h1-2,4-5,9,11,15H,3,6-7H2,(H,16,17)/t9-,11+/m1/s1. The Labute approximate surface area is 115 Å². The molecule has 0 unspecified atom stereocenters. The number of hydrogen-bond donors (Lipinski definition) is 2. The summed E-state index contributed by atoms with van der Waals surface area (Å²) in [6.07, 6.45) is 0.412. The molecule has 0 aromatic heterocycles. The van der Waals surface area contributed by atoms with Gasteiger partial charge in [0.15, 0.2) is 0 Å². The molecule has 1 heterocycles. The number of aliphatic carboxylic acids is 1. The number of aliphatic hydroxyl groups excluding tert-OH is 1. The molecule has 20 heavy (non-hydrogen) atoms. The van der Waals surface area contributed by atoms with Crippen molar-refractivity contribution in [3.05, 3.63) is 30.1 Å². The minimum atomic E-state index is -4.09. The lowest BCUT2D eigenvalue weighted by molar-refractivity contribution is -0.141. The number of carboxylic acid groups (broad SMARTS) is 1. The van der Waals surface area contributed by atoms with Gasteiger partial charge in [-0.05, 0) is 37.1 Å². The summed E-state index contributed by atoms with van der Waals surface area (Å²) in [6.45, 7) is -0.454. The molecule has 1 aliphatic heterocycles. The molecule has 1 fully saturated rings. The molecule has 0 bridgehead atoms. The number of sulfonamides is 1. The summed E-state index contributed by atoms with van der Waals surface area (Å²) >= 11 is 0. The number of hydrogen-bond acceptors (Lipinski definition) is 4. The molecule has 1 aromatic rings. The fourth-order valence-corrected chi connectivity index (χ4v) is 4.17. The van der Waals surface area contributed by atoms with Crippen molar-refractivity contribution in [3.8, 4) is 0 Å². The van der Waals surface area contributed by atoms with Crippen LogP contribution in [-0.2, 0) is 14.8 Å². The minimum absolute atomic E-state index is 0.140. The smallest absolute Gasteiger partial charge is 0.322 e. The molecule has 1 saturated heterocycles. The first kappa shape index (κ1) is 14.9. The van der Waals surface area contributed by atoms with Gasteiger partial charge in [-0.15, -0.1) is 0 Å². The first-order valence-corrected chi connectivity index (χ1v) is 7.44. The third-order valence-electron chi connectivity index (χ3n) is 3.33. The van der Waals surface area contributed by atoms with Crippen LogP contribution in [0.1, 0.15) is 12.8 Å². The van der Waals surface area contributed by atoms with Gasteiger partial charge in [-0.3, -0.25) is 4.79 Å². The Morgan fingerprint density at radius 2 is 1.90 bits per heavy atom. The van der Waals surface area contributed by atoms with E-state index < -0.39 is 40.5 Å². The lowest BCUT2D eigenvalue weighted by Gasteiger charge is -2.26. The zero-order valence-electron chi connectivity index (χ0n) is 10.4. The summed E-state index contributed by atoms with van der Waals surface area (Å²) in [5, 5.41) is 18.3. The first-order valence-electron chi connectivity index (χ1n) is 6.00. The highest BCUT2D eigenvalue weighted by atomic mass is 32.2. The van der Waals surface area contributed by atoms with Gasteiger partial charge in [-0.25, -0.2) is 12.8 Å². The Morgan fingerprint density at radius 3 is 2.40 bits per heavy atom. The van der Waals surface area contributed by atoms with Gasteiger partial charge in [-0.1, -0.05) is 0 Å². The molecule has 2 rings (SSSR count). The van der Waals surface area contributed by atoms with Crippen molar-refractivity contribution in [3.63, 3.8) is 0 Å². The maximum atomic E-state index is 12.9. The quantitative estimate of drug-likeness (QED) is 0.841. The van der Waals surface area contributed by atoms with E-state index in [9.17, 15) is 22.7 Å². The van der Waals surface area contributed by atoms with E-state index in [1.807, 2.05) is 0 Å².